The quantitative estimate of drug-likeness (QED) is 0.833. The predicted octanol–water partition coefficient (Wildman–Crippen LogP) is 2.50. The molecule has 0 N–H and O–H groups in total. The monoisotopic (exact) mass is 261 g/mol. The zero-order valence-corrected chi connectivity index (χ0v) is 11.1. The summed E-state index contributed by atoms with van der Waals surface area (Å²) in [4.78, 5) is 22.3. The molecule has 5 heteroatoms. The molecule has 0 unspecified atom stereocenters. The molecule has 3 rings (SSSR count). The first-order chi connectivity index (χ1) is 8.75. The number of carbonyl (C=O) groups excluding carboxylic acids is 1. The molecule has 4 nitrogen and oxygen atoms in total. The lowest BCUT2D eigenvalue weighted by Gasteiger charge is -2.31. The molecular formula is C13H15N3OS. The number of aromatic nitrogens is 2. The van der Waals surface area contributed by atoms with Crippen molar-refractivity contribution in [3.8, 4) is 0 Å². The molecule has 0 radical (unpaired) electrons. The van der Waals surface area contributed by atoms with Gasteiger partial charge in [-0.25, -0.2) is 9.97 Å². The van der Waals surface area contributed by atoms with Crippen LogP contribution in [0.5, 0.6) is 0 Å². The van der Waals surface area contributed by atoms with Gasteiger partial charge in [0.2, 0.25) is 0 Å². The Morgan fingerprint density at radius 1 is 1.39 bits per heavy atom. The van der Waals surface area contributed by atoms with Crippen LogP contribution in [0, 0.1) is 5.92 Å². The number of hydrogen-bond acceptors (Lipinski definition) is 5. The minimum Gasteiger partial charge on any atom is -0.355 e. The summed E-state index contributed by atoms with van der Waals surface area (Å²) in [6, 6.07) is 2.02. The lowest BCUT2D eigenvalue weighted by molar-refractivity contribution is -0.121. The number of Topliss-reactive ketones (excluding diaryl/α,β-unsaturated/α-hetero) is 1. The van der Waals surface area contributed by atoms with Crippen molar-refractivity contribution in [3.63, 3.8) is 0 Å². The van der Waals surface area contributed by atoms with Crippen LogP contribution in [0.15, 0.2) is 17.8 Å². The van der Waals surface area contributed by atoms with Gasteiger partial charge < -0.3 is 4.90 Å². The van der Waals surface area contributed by atoms with Gasteiger partial charge in [-0.15, -0.1) is 11.3 Å². The molecular weight excluding hydrogens is 246 g/mol. The second-order valence-electron chi connectivity index (χ2n) is 4.70. The molecule has 0 aliphatic carbocycles. The van der Waals surface area contributed by atoms with Gasteiger partial charge in [0.25, 0.3) is 0 Å². The van der Waals surface area contributed by atoms with Crippen molar-refractivity contribution in [2.75, 3.05) is 18.0 Å². The Morgan fingerprint density at radius 3 is 2.89 bits per heavy atom. The second-order valence-corrected chi connectivity index (χ2v) is 5.62. The van der Waals surface area contributed by atoms with Crippen LogP contribution >= 0.6 is 11.3 Å². The first-order valence-electron chi connectivity index (χ1n) is 6.19. The van der Waals surface area contributed by atoms with Crippen molar-refractivity contribution >= 4 is 33.2 Å². The first kappa shape index (κ1) is 11.6. The smallest absolute Gasteiger partial charge is 0.150 e. The van der Waals surface area contributed by atoms with Gasteiger partial charge in [0.05, 0.1) is 10.2 Å². The highest BCUT2D eigenvalue weighted by atomic mass is 32.1. The van der Waals surface area contributed by atoms with Gasteiger partial charge in [-0.3, -0.25) is 4.79 Å². The largest absolute Gasteiger partial charge is 0.355 e. The first-order valence-corrected chi connectivity index (χ1v) is 7.07. The standard InChI is InChI=1S/C13H15N3OS/c1-9(17)10-2-5-16(6-3-10)13-12-11(4-7-18-12)14-8-15-13/h4,7-8,10H,2-3,5-6H2,1H3. The molecule has 1 fully saturated rings. The zero-order chi connectivity index (χ0) is 12.5. The van der Waals surface area contributed by atoms with E-state index >= 15 is 0 Å². The van der Waals surface area contributed by atoms with Gasteiger partial charge in [-0.2, -0.15) is 0 Å². The Labute approximate surface area is 110 Å². The van der Waals surface area contributed by atoms with Crippen molar-refractivity contribution in [1.29, 1.82) is 0 Å². The zero-order valence-electron chi connectivity index (χ0n) is 10.3. The Hall–Kier alpha value is -1.49. The van der Waals surface area contributed by atoms with E-state index < -0.39 is 0 Å². The van der Waals surface area contributed by atoms with E-state index in [9.17, 15) is 4.79 Å². The molecule has 1 aliphatic rings. The van der Waals surface area contributed by atoms with Crippen molar-refractivity contribution in [2.45, 2.75) is 19.8 Å². The summed E-state index contributed by atoms with van der Waals surface area (Å²) >= 11 is 1.68. The van der Waals surface area contributed by atoms with Gasteiger partial charge in [0, 0.05) is 19.0 Å². The summed E-state index contributed by atoms with van der Waals surface area (Å²) in [7, 11) is 0. The van der Waals surface area contributed by atoms with Crippen LogP contribution in [0.1, 0.15) is 19.8 Å². The molecule has 18 heavy (non-hydrogen) atoms. The van der Waals surface area contributed by atoms with Gasteiger partial charge in [-0.1, -0.05) is 0 Å². The number of rotatable bonds is 2. The highest BCUT2D eigenvalue weighted by molar-refractivity contribution is 7.17. The van der Waals surface area contributed by atoms with E-state index in [1.54, 1.807) is 24.6 Å². The lowest BCUT2D eigenvalue weighted by atomic mass is 9.93. The maximum absolute atomic E-state index is 11.4. The fourth-order valence-corrected chi connectivity index (χ4v) is 3.36. The summed E-state index contributed by atoms with van der Waals surface area (Å²) in [5, 5.41) is 2.05. The maximum atomic E-state index is 11.4. The second kappa shape index (κ2) is 4.65. The average molecular weight is 261 g/mol. The van der Waals surface area contributed by atoms with Crippen LogP contribution in [0.3, 0.4) is 0 Å². The highest BCUT2D eigenvalue weighted by Gasteiger charge is 2.24. The number of thiophene rings is 1. The van der Waals surface area contributed by atoms with E-state index in [2.05, 4.69) is 14.9 Å². The normalized spacial score (nSPS) is 17.3. The van der Waals surface area contributed by atoms with Crippen LogP contribution < -0.4 is 4.90 Å². The summed E-state index contributed by atoms with van der Waals surface area (Å²) in [6.07, 6.45) is 3.50. The van der Waals surface area contributed by atoms with Gasteiger partial charge in [0.15, 0.2) is 0 Å². The summed E-state index contributed by atoms with van der Waals surface area (Å²) < 4.78 is 1.15. The molecule has 2 aromatic heterocycles. The predicted molar refractivity (Wildman–Crippen MR) is 73.0 cm³/mol. The van der Waals surface area contributed by atoms with E-state index in [0.717, 1.165) is 42.0 Å². The van der Waals surface area contributed by atoms with Crippen molar-refractivity contribution in [2.24, 2.45) is 5.92 Å². The number of carbonyl (C=O) groups is 1. The fourth-order valence-electron chi connectivity index (χ4n) is 2.50. The lowest BCUT2D eigenvalue weighted by Crippen LogP contribution is -2.36. The van der Waals surface area contributed by atoms with Crippen molar-refractivity contribution in [1.82, 2.24) is 9.97 Å². The fraction of sp³-hybridized carbons (Fsp3) is 0.462. The van der Waals surface area contributed by atoms with Crippen LogP contribution in [0.25, 0.3) is 10.2 Å². The van der Waals surface area contributed by atoms with Gasteiger partial charge >= 0.3 is 0 Å². The van der Waals surface area contributed by atoms with E-state index in [4.69, 9.17) is 0 Å². The molecule has 0 saturated carbocycles. The van der Waals surface area contributed by atoms with Gasteiger partial charge in [0.1, 0.15) is 17.9 Å². The molecule has 1 saturated heterocycles. The summed E-state index contributed by atoms with van der Waals surface area (Å²) in [6.45, 7) is 3.52. The Balaban J connectivity index is 1.84. The van der Waals surface area contributed by atoms with Crippen LogP contribution in [0.2, 0.25) is 0 Å². The number of fused-ring (bicyclic) bond motifs is 1. The molecule has 0 aromatic carbocycles. The average Bonchev–Trinajstić information content (AvgIpc) is 2.87. The molecule has 0 amide bonds. The topological polar surface area (TPSA) is 46.1 Å². The van der Waals surface area contributed by atoms with E-state index in [-0.39, 0.29) is 5.92 Å². The highest BCUT2D eigenvalue weighted by Crippen LogP contribution is 2.30. The van der Waals surface area contributed by atoms with Crippen LogP contribution in [0.4, 0.5) is 5.82 Å². The molecule has 94 valence electrons. The molecule has 2 aromatic rings. The van der Waals surface area contributed by atoms with Crippen LogP contribution in [-0.2, 0) is 4.79 Å². The Bertz CT molecular complexity index is 572. The van der Waals surface area contributed by atoms with E-state index in [0.29, 0.717) is 5.78 Å². The number of piperidine rings is 1. The number of nitrogens with zero attached hydrogens (tertiary/aromatic N) is 3. The third-order valence-electron chi connectivity index (χ3n) is 3.59. The van der Waals surface area contributed by atoms with E-state index in [1.807, 2.05) is 11.4 Å². The number of ketones is 1. The third-order valence-corrected chi connectivity index (χ3v) is 4.49. The summed E-state index contributed by atoms with van der Waals surface area (Å²) in [5.41, 5.74) is 1.01. The SMILES string of the molecule is CC(=O)C1CCN(c2ncnc3ccsc23)CC1. The minimum absolute atomic E-state index is 0.238. The third kappa shape index (κ3) is 1.99. The molecule has 1 aliphatic heterocycles. The van der Waals surface area contributed by atoms with Crippen molar-refractivity contribution < 1.29 is 4.79 Å². The number of hydrogen-bond donors (Lipinski definition) is 0. The summed E-state index contributed by atoms with van der Waals surface area (Å²) in [5.74, 6) is 1.58. The van der Waals surface area contributed by atoms with Crippen LogP contribution in [-0.4, -0.2) is 28.8 Å². The molecule has 3 heterocycles. The van der Waals surface area contributed by atoms with Gasteiger partial charge in [-0.05, 0) is 31.2 Å². The van der Waals surface area contributed by atoms with E-state index in [1.165, 1.54) is 0 Å². The molecule has 0 spiro atoms. The Kier molecular flexibility index (Phi) is 2.99. The molecule has 0 bridgehead atoms. The number of anilines is 1. The Morgan fingerprint density at radius 2 is 2.17 bits per heavy atom. The molecule has 0 atom stereocenters. The maximum Gasteiger partial charge on any atom is 0.150 e. The minimum atomic E-state index is 0.238. The van der Waals surface area contributed by atoms with Crippen molar-refractivity contribution in [3.05, 3.63) is 17.8 Å².